The number of benzene rings is 2. The van der Waals surface area contributed by atoms with E-state index in [1.54, 1.807) is 35.0 Å². The third-order valence-corrected chi connectivity index (χ3v) is 7.11. The summed E-state index contributed by atoms with van der Waals surface area (Å²) in [6.45, 7) is 5.73. The van der Waals surface area contributed by atoms with Gasteiger partial charge < -0.3 is 5.32 Å². The predicted octanol–water partition coefficient (Wildman–Crippen LogP) is 3.58. The maximum atomic E-state index is 12.4. The lowest BCUT2D eigenvalue weighted by molar-refractivity contribution is -0.120. The van der Waals surface area contributed by atoms with Crippen LogP contribution in [-0.2, 0) is 21.1 Å². The summed E-state index contributed by atoms with van der Waals surface area (Å²) in [4.78, 5) is 12.7. The van der Waals surface area contributed by atoms with Gasteiger partial charge in [0, 0.05) is 22.8 Å². The molecule has 30 heavy (non-hydrogen) atoms. The first-order valence-electron chi connectivity index (χ1n) is 9.55. The van der Waals surface area contributed by atoms with Crippen molar-refractivity contribution in [3.8, 4) is 5.69 Å². The maximum absolute atomic E-state index is 12.4. The zero-order valence-electron chi connectivity index (χ0n) is 17.1. The first-order valence-corrected chi connectivity index (χ1v) is 11.6. The average molecular weight is 446 g/mol. The quantitative estimate of drug-likeness (QED) is 0.602. The smallest absolute Gasteiger partial charge is 0.224 e. The van der Waals surface area contributed by atoms with Crippen LogP contribution in [0, 0.1) is 20.8 Å². The van der Waals surface area contributed by atoms with E-state index in [1.807, 2.05) is 39.0 Å². The van der Waals surface area contributed by atoms with Crippen molar-refractivity contribution < 1.29 is 13.2 Å². The molecule has 1 amide bonds. The number of hydrogen-bond donors (Lipinski definition) is 1. The summed E-state index contributed by atoms with van der Waals surface area (Å²) in [5, 5.41) is 7.90. The number of halogens is 1. The van der Waals surface area contributed by atoms with E-state index >= 15 is 0 Å². The lowest BCUT2D eigenvalue weighted by atomic mass is 10.1. The van der Waals surface area contributed by atoms with Crippen LogP contribution >= 0.6 is 11.6 Å². The predicted molar refractivity (Wildman–Crippen MR) is 118 cm³/mol. The molecule has 6 nitrogen and oxygen atoms in total. The highest BCUT2D eigenvalue weighted by atomic mass is 35.5. The molecule has 0 fully saturated rings. The topological polar surface area (TPSA) is 81.1 Å². The third-order valence-electron chi connectivity index (χ3n) is 4.97. The molecule has 0 saturated heterocycles. The Hall–Kier alpha value is -2.64. The van der Waals surface area contributed by atoms with Gasteiger partial charge in [-0.2, -0.15) is 5.10 Å². The number of aromatic nitrogens is 2. The zero-order valence-corrected chi connectivity index (χ0v) is 18.7. The Balaban J connectivity index is 1.66. The molecule has 0 aliphatic heterocycles. The number of nitrogens with zero attached hydrogens (tertiary/aromatic N) is 2. The van der Waals surface area contributed by atoms with Crippen LogP contribution in [0.2, 0.25) is 5.02 Å². The average Bonchev–Trinajstić information content (AvgIpc) is 2.99. The minimum Gasteiger partial charge on any atom is -0.355 e. The Morgan fingerprint density at radius 3 is 2.47 bits per heavy atom. The molecule has 0 atom stereocenters. The van der Waals surface area contributed by atoms with Gasteiger partial charge in [-0.05, 0) is 50.6 Å². The van der Waals surface area contributed by atoms with Crippen LogP contribution in [0.1, 0.15) is 22.5 Å². The summed E-state index contributed by atoms with van der Waals surface area (Å²) in [5.41, 5.74) is 4.21. The molecule has 1 N–H and O–H groups in total. The summed E-state index contributed by atoms with van der Waals surface area (Å²) in [5.74, 6) is -0.395. The summed E-state index contributed by atoms with van der Waals surface area (Å²) >= 11 is 6.23. The van der Waals surface area contributed by atoms with Crippen molar-refractivity contribution in [1.82, 2.24) is 15.1 Å². The van der Waals surface area contributed by atoms with Crippen molar-refractivity contribution in [1.29, 1.82) is 0 Å². The lowest BCUT2D eigenvalue weighted by Crippen LogP contribution is -2.30. The Bertz CT molecular complexity index is 1170. The van der Waals surface area contributed by atoms with Crippen LogP contribution < -0.4 is 5.32 Å². The van der Waals surface area contributed by atoms with Crippen molar-refractivity contribution in [2.24, 2.45) is 0 Å². The molecule has 1 aromatic heterocycles. The first kappa shape index (κ1) is 22.1. The minimum absolute atomic E-state index is 0.0515. The molecule has 3 rings (SSSR count). The number of amides is 1. The summed E-state index contributed by atoms with van der Waals surface area (Å²) < 4.78 is 26.4. The van der Waals surface area contributed by atoms with Crippen LogP contribution in [0.15, 0.2) is 53.4 Å². The Kier molecular flexibility index (Phi) is 6.63. The fourth-order valence-electron chi connectivity index (χ4n) is 3.19. The first-order chi connectivity index (χ1) is 14.2. The van der Waals surface area contributed by atoms with Gasteiger partial charge in [-0.25, -0.2) is 13.1 Å². The van der Waals surface area contributed by atoms with Crippen LogP contribution in [0.3, 0.4) is 0 Å². The molecular formula is C22H24ClN3O3S. The van der Waals surface area contributed by atoms with Crippen LogP contribution in [-0.4, -0.2) is 36.4 Å². The SMILES string of the molecule is Cc1ccc(-n2nc(C)c(CC(=O)NCCS(=O)(=O)c3ccccc3)c2C)cc1Cl. The van der Waals surface area contributed by atoms with E-state index in [-0.39, 0.29) is 29.5 Å². The molecule has 158 valence electrons. The number of rotatable bonds is 7. The molecule has 0 unspecified atom stereocenters. The van der Waals surface area contributed by atoms with Gasteiger partial charge in [0.05, 0.1) is 28.5 Å². The molecule has 0 aliphatic rings. The second kappa shape index (κ2) is 9.02. The third kappa shape index (κ3) is 4.91. The van der Waals surface area contributed by atoms with Gasteiger partial charge in [0.1, 0.15) is 0 Å². The van der Waals surface area contributed by atoms with Crippen LogP contribution in [0.25, 0.3) is 5.69 Å². The van der Waals surface area contributed by atoms with E-state index in [4.69, 9.17) is 11.6 Å². The summed E-state index contributed by atoms with van der Waals surface area (Å²) in [6.07, 6.45) is 0.128. The molecule has 0 saturated carbocycles. The number of carbonyl (C=O) groups excluding carboxylic acids is 1. The number of hydrogen-bond acceptors (Lipinski definition) is 4. The van der Waals surface area contributed by atoms with Gasteiger partial charge in [0.2, 0.25) is 5.91 Å². The highest BCUT2D eigenvalue weighted by molar-refractivity contribution is 7.91. The van der Waals surface area contributed by atoms with E-state index in [9.17, 15) is 13.2 Å². The van der Waals surface area contributed by atoms with Gasteiger partial charge in [0.15, 0.2) is 9.84 Å². The summed E-state index contributed by atoms with van der Waals surface area (Å²) in [7, 11) is -3.43. The van der Waals surface area contributed by atoms with E-state index in [0.717, 1.165) is 28.2 Å². The summed E-state index contributed by atoms with van der Waals surface area (Å²) in [6, 6.07) is 13.9. The van der Waals surface area contributed by atoms with E-state index in [2.05, 4.69) is 10.4 Å². The number of nitrogens with one attached hydrogen (secondary N) is 1. The van der Waals surface area contributed by atoms with Gasteiger partial charge in [-0.15, -0.1) is 0 Å². The van der Waals surface area contributed by atoms with Crippen molar-refractivity contribution in [3.05, 3.63) is 76.1 Å². The molecule has 3 aromatic rings. The molecule has 0 bridgehead atoms. The van der Waals surface area contributed by atoms with Gasteiger partial charge in [0.25, 0.3) is 0 Å². The van der Waals surface area contributed by atoms with E-state index in [1.165, 1.54) is 0 Å². The molecule has 0 aliphatic carbocycles. The van der Waals surface area contributed by atoms with Crippen molar-refractivity contribution in [3.63, 3.8) is 0 Å². The number of aryl methyl sites for hydroxylation is 2. The molecule has 8 heteroatoms. The minimum atomic E-state index is -3.43. The second-order valence-electron chi connectivity index (χ2n) is 7.15. The van der Waals surface area contributed by atoms with Crippen LogP contribution in [0.4, 0.5) is 0 Å². The molecule has 2 aromatic carbocycles. The second-order valence-corrected chi connectivity index (χ2v) is 9.67. The standard InChI is InChI=1S/C22H24ClN3O3S/c1-15-9-10-18(13-21(15)23)26-17(3)20(16(2)25-26)14-22(27)24-11-12-30(28,29)19-7-5-4-6-8-19/h4-10,13H,11-12,14H2,1-3H3,(H,24,27). The molecular weight excluding hydrogens is 422 g/mol. The molecule has 0 spiro atoms. The molecule has 0 radical (unpaired) electrons. The van der Waals surface area contributed by atoms with E-state index in [0.29, 0.717) is 5.02 Å². The maximum Gasteiger partial charge on any atom is 0.224 e. The zero-order chi connectivity index (χ0) is 21.9. The molecule has 1 heterocycles. The van der Waals surface area contributed by atoms with E-state index < -0.39 is 9.84 Å². The monoisotopic (exact) mass is 445 g/mol. The van der Waals surface area contributed by atoms with Crippen molar-refractivity contribution >= 4 is 27.3 Å². The lowest BCUT2D eigenvalue weighted by Gasteiger charge is -2.08. The Labute approximate surface area is 181 Å². The largest absolute Gasteiger partial charge is 0.355 e. The van der Waals surface area contributed by atoms with Gasteiger partial charge >= 0.3 is 0 Å². The van der Waals surface area contributed by atoms with Gasteiger partial charge in [-0.1, -0.05) is 35.9 Å². The van der Waals surface area contributed by atoms with Gasteiger partial charge in [-0.3, -0.25) is 4.79 Å². The Morgan fingerprint density at radius 1 is 1.10 bits per heavy atom. The fraction of sp³-hybridized carbons (Fsp3) is 0.273. The van der Waals surface area contributed by atoms with Crippen molar-refractivity contribution in [2.45, 2.75) is 32.1 Å². The Morgan fingerprint density at radius 2 is 1.80 bits per heavy atom. The normalized spacial score (nSPS) is 11.5. The fourth-order valence-corrected chi connectivity index (χ4v) is 4.54. The number of sulfone groups is 1. The van der Waals surface area contributed by atoms with Crippen molar-refractivity contribution in [2.75, 3.05) is 12.3 Å². The highest BCUT2D eigenvalue weighted by Gasteiger charge is 2.18. The van der Waals surface area contributed by atoms with Crippen LogP contribution in [0.5, 0.6) is 0 Å². The number of carbonyl (C=O) groups is 1. The highest BCUT2D eigenvalue weighted by Crippen LogP contribution is 2.23.